The zero-order valence-corrected chi connectivity index (χ0v) is 23.1. The number of hydrogen-bond acceptors (Lipinski definition) is 3. The zero-order chi connectivity index (χ0) is 25.9. The molecule has 2 aliphatic rings. The van der Waals surface area contributed by atoms with E-state index in [0.29, 0.717) is 24.5 Å². The van der Waals surface area contributed by atoms with E-state index >= 15 is 0 Å². The van der Waals surface area contributed by atoms with Crippen molar-refractivity contribution in [2.24, 2.45) is 29.6 Å². The number of hydrogen-bond donors (Lipinski definition) is 1. The number of aliphatic hydroxyl groups excluding tert-OH is 1. The lowest BCUT2D eigenvalue weighted by molar-refractivity contribution is -0.141. The van der Waals surface area contributed by atoms with Crippen molar-refractivity contribution in [2.45, 2.75) is 97.8 Å². The molecule has 0 saturated heterocycles. The Bertz CT molecular complexity index is 842. The number of aryl methyl sites for hydroxylation is 1. The van der Waals surface area contributed by atoms with Gasteiger partial charge < -0.3 is 9.84 Å². The van der Waals surface area contributed by atoms with Gasteiger partial charge in [-0.1, -0.05) is 63.6 Å². The highest BCUT2D eigenvalue weighted by atomic mass is 16.5. The average molecular weight is 495 g/mol. The highest BCUT2D eigenvalue weighted by molar-refractivity contribution is 5.86. The molecule has 3 nitrogen and oxygen atoms in total. The van der Waals surface area contributed by atoms with Gasteiger partial charge in [-0.05, 0) is 117 Å². The zero-order valence-electron chi connectivity index (χ0n) is 23.1. The van der Waals surface area contributed by atoms with Gasteiger partial charge in [-0.2, -0.15) is 0 Å². The van der Waals surface area contributed by atoms with Gasteiger partial charge in [-0.15, -0.1) is 0 Å². The standard InChI is InChI=1S/C33H50O3/c1-24(2)7-5-6-8-26-9-11-27(12-10-26)28-13-15-29(16-14-28)30-17-19-31(20-18-30)32(21-22-34)23-36-33(35)25(3)4/h9-13,24,29-32,34H,3,5-8,14-23H2,1-2,4H3. The molecule has 2 unspecified atom stereocenters. The van der Waals surface area contributed by atoms with E-state index in [1.807, 2.05) is 0 Å². The van der Waals surface area contributed by atoms with Crippen LogP contribution in [-0.2, 0) is 16.0 Å². The van der Waals surface area contributed by atoms with E-state index in [1.54, 1.807) is 6.92 Å². The Balaban J connectivity index is 1.44. The van der Waals surface area contributed by atoms with Crippen molar-refractivity contribution >= 4 is 11.5 Å². The van der Waals surface area contributed by atoms with Crippen LogP contribution in [0.5, 0.6) is 0 Å². The summed E-state index contributed by atoms with van der Waals surface area (Å²) in [7, 11) is 0. The van der Waals surface area contributed by atoms with E-state index in [2.05, 4.69) is 50.8 Å². The van der Waals surface area contributed by atoms with Gasteiger partial charge in [0, 0.05) is 12.2 Å². The van der Waals surface area contributed by atoms with Crippen molar-refractivity contribution in [3.05, 3.63) is 53.6 Å². The summed E-state index contributed by atoms with van der Waals surface area (Å²) in [5.41, 5.74) is 4.87. The largest absolute Gasteiger partial charge is 0.462 e. The Morgan fingerprint density at radius 3 is 2.33 bits per heavy atom. The molecule has 3 rings (SSSR count). The highest BCUT2D eigenvalue weighted by Gasteiger charge is 2.32. The van der Waals surface area contributed by atoms with E-state index < -0.39 is 0 Å². The normalized spacial score (nSPS) is 23.2. The highest BCUT2D eigenvalue weighted by Crippen LogP contribution is 2.43. The van der Waals surface area contributed by atoms with Gasteiger partial charge in [-0.25, -0.2) is 4.79 Å². The van der Waals surface area contributed by atoms with Gasteiger partial charge in [0.15, 0.2) is 0 Å². The van der Waals surface area contributed by atoms with E-state index in [1.165, 1.54) is 87.3 Å². The topological polar surface area (TPSA) is 46.5 Å². The molecule has 1 aromatic rings. The molecule has 0 aliphatic heterocycles. The molecule has 36 heavy (non-hydrogen) atoms. The van der Waals surface area contributed by atoms with Crippen LogP contribution in [0.2, 0.25) is 0 Å². The maximum absolute atomic E-state index is 11.8. The molecular weight excluding hydrogens is 444 g/mol. The van der Waals surface area contributed by atoms with Crippen LogP contribution >= 0.6 is 0 Å². The second-order valence-corrected chi connectivity index (χ2v) is 11.9. The average Bonchev–Trinajstić information content (AvgIpc) is 2.89. The number of unbranched alkanes of at least 4 members (excludes halogenated alkanes) is 1. The third-order valence-electron chi connectivity index (χ3n) is 8.70. The smallest absolute Gasteiger partial charge is 0.333 e. The number of carbonyl (C=O) groups excluding carboxylic acids is 1. The van der Waals surface area contributed by atoms with E-state index in [9.17, 15) is 9.90 Å². The van der Waals surface area contributed by atoms with Crippen molar-refractivity contribution in [3.8, 4) is 0 Å². The molecule has 0 heterocycles. The first-order valence-electron chi connectivity index (χ1n) is 14.6. The summed E-state index contributed by atoms with van der Waals surface area (Å²) in [5, 5.41) is 9.53. The Morgan fingerprint density at radius 2 is 1.75 bits per heavy atom. The van der Waals surface area contributed by atoms with Crippen molar-refractivity contribution in [1.82, 2.24) is 0 Å². The van der Waals surface area contributed by atoms with E-state index in [4.69, 9.17) is 4.74 Å². The van der Waals surface area contributed by atoms with Gasteiger partial charge in [-0.3, -0.25) is 0 Å². The number of benzene rings is 1. The predicted molar refractivity (Wildman–Crippen MR) is 151 cm³/mol. The summed E-state index contributed by atoms with van der Waals surface area (Å²) in [6.07, 6.45) is 17.0. The Morgan fingerprint density at radius 1 is 1.03 bits per heavy atom. The summed E-state index contributed by atoms with van der Waals surface area (Å²) in [6.45, 7) is 10.5. The van der Waals surface area contributed by atoms with Gasteiger partial charge in [0.2, 0.25) is 0 Å². The summed E-state index contributed by atoms with van der Waals surface area (Å²) in [4.78, 5) is 11.8. The van der Waals surface area contributed by atoms with Crippen molar-refractivity contribution < 1.29 is 14.6 Å². The minimum absolute atomic E-state index is 0.157. The van der Waals surface area contributed by atoms with Crippen molar-refractivity contribution in [3.63, 3.8) is 0 Å². The quantitative estimate of drug-likeness (QED) is 0.171. The van der Waals surface area contributed by atoms with Crippen LogP contribution in [0.1, 0.15) is 103 Å². The van der Waals surface area contributed by atoms with Gasteiger partial charge in [0.05, 0.1) is 6.61 Å². The molecule has 3 heteroatoms. The van der Waals surface area contributed by atoms with Gasteiger partial charge in [0.1, 0.15) is 0 Å². The number of rotatable bonds is 13. The molecule has 2 atom stereocenters. The second kappa shape index (κ2) is 14.8. The SMILES string of the molecule is C=C(C)C(=O)OCC(CCO)C1CCC(C2CC=C(c3ccc(CCCCC(C)C)cc3)CC2)CC1. The van der Waals surface area contributed by atoms with Crippen LogP contribution in [0.25, 0.3) is 5.57 Å². The third kappa shape index (κ3) is 8.91. The fourth-order valence-electron chi connectivity index (χ4n) is 6.33. The molecule has 200 valence electrons. The van der Waals surface area contributed by atoms with Crippen LogP contribution in [0.15, 0.2) is 42.5 Å². The molecule has 1 saturated carbocycles. The van der Waals surface area contributed by atoms with Crippen LogP contribution < -0.4 is 0 Å². The molecule has 1 fully saturated rings. The molecule has 1 aromatic carbocycles. The summed E-state index contributed by atoms with van der Waals surface area (Å²) < 4.78 is 5.45. The van der Waals surface area contributed by atoms with Gasteiger partial charge in [0.25, 0.3) is 0 Å². The van der Waals surface area contributed by atoms with E-state index in [-0.39, 0.29) is 18.5 Å². The maximum atomic E-state index is 11.8. The molecular formula is C33H50O3. The summed E-state index contributed by atoms with van der Waals surface area (Å²) >= 11 is 0. The third-order valence-corrected chi connectivity index (χ3v) is 8.70. The fourth-order valence-corrected chi connectivity index (χ4v) is 6.33. The molecule has 0 aromatic heterocycles. The molecule has 1 N–H and O–H groups in total. The lowest BCUT2D eigenvalue weighted by atomic mass is 9.68. The van der Waals surface area contributed by atoms with Crippen LogP contribution in [0.3, 0.4) is 0 Å². The Labute approximate surface area is 220 Å². The second-order valence-electron chi connectivity index (χ2n) is 11.9. The summed E-state index contributed by atoms with van der Waals surface area (Å²) in [5.74, 6) is 2.91. The van der Waals surface area contributed by atoms with E-state index in [0.717, 1.165) is 17.8 Å². The number of carbonyl (C=O) groups is 1. The van der Waals surface area contributed by atoms with Crippen LogP contribution in [0, 0.1) is 29.6 Å². The van der Waals surface area contributed by atoms with Crippen LogP contribution in [0.4, 0.5) is 0 Å². The van der Waals surface area contributed by atoms with Crippen LogP contribution in [-0.4, -0.2) is 24.3 Å². The Kier molecular flexibility index (Phi) is 11.8. The lowest BCUT2D eigenvalue weighted by Crippen LogP contribution is -2.29. The minimum atomic E-state index is -0.312. The molecule has 2 aliphatic carbocycles. The monoisotopic (exact) mass is 494 g/mol. The first kappa shape index (κ1) is 28.7. The summed E-state index contributed by atoms with van der Waals surface area (Å²) in [6, 6.07) is 9.37. The number of ether oxygens (including phenoxy) is 1. The predicted octanol–water partition coefficient (Wildman–Crippen LogP) is 8.16. The molecule has 0 amide bonds. The number of allylic oxidation sites excluding steroid dienone is 2. The van der Waals surface area contributed by atoms with Crippen molar-refractivity contribution in [1.29, 1.82) is 0 Å². The first-order valence-corrected chi connectivity index (χ1v) is 14.6. The fraction of sp³-hybridized carbons (Fsp3) is 0.667. The number of esters is 1. The molecule has 0 spiro atoms. The maximum Gasteiger partial charge on any atom is 0.333 e. The molecule has 0 bridgehead atoms. The molecule has 0 radical (unpaired) electrons. The minimum Gasteiger partial charge on any atom is -0.462 e. The Hall–Kier alpha value is -1.87. The first-order chi connectivity index (χ1) is 17.4. The van der Waals surface area contributed by atoms with Crippen molar-refractivity contribution in [2.75, 3.05) is 13.2 Å². The number of aliphatic hydroxyl groups is 1. The van der Waals surface area contributed by atoms with Gasteiger partial charge >= 0.3 is 5.97 Å². The lowest BCUT2D eigenvalue weighted by Gasteiger charge is -2.38.